The van der Waals surface area contributed by atoms with E-state index in [0.717, 1.165) is 56.5 Å². The Kier molecular flexibility index (Phi) is 8.13. The zero-order valence-corrected chi connectivity index (χ0v) is 15.9. The SMILES string of the molecule is Cl.Cl.OC1(C(CN2CCNCC2)c2cccc(Br)c2)CCC1. The van der Waals surface area contributed by atoms with Gasteiger partial charge >= 0.3 is 0 Å². The van der Waals surface area contributed by atoms with Gasteiger partial charge < -0.3 is 15.3 Å². The van der Waals surface area contributed by atoms with Crippen molar-refractivity contribution in [1.29, 1.82) is 0 Å². The molecule has 2 fully saturated rings. The molecule has 1 saturated heterocycles. The van der Waals surface area contributed by atoms with Gasteiger partial charge in [0.15, 0.2) is 0 Å². The summed E-state index contributed by atoms with van der Waals surface area (Å²) >= 11 is 3.56. The van der Waals surface area contributed by atoms with Crippen LogP contribution in [-0.2, 0) is 0 Å². The van der Waals surface area contributed by atoms with E-state index in [1.165, 1.54) is 5.56 Å². The van der Waals surface area contributed by atoms with Crippen molar-refractivity contribution in [1.82, 2.24) is 10.2 Å². The zero-order valence-electron chi connectivity index (χ0n) is 12.6. The van der Waals surface area contributed by atoms with Gasteiger partial charge in [0.05, 0.1) is 5.60 Å². The highest BCUT2D eigenvalue weighted by molar-refractivity contribution is 9.10. The number of hydrogen-bond acceptors (Lipinski definition) is 3. The third-order valence-corrected chi connectivity index (χ3v) is 5.26. The van der Waals surface area contributed by atoms with Crippen molar-refractivity contribution in [2.24, 2.45) is 0 Å². The first-order chi connectivity index (χ1) is 9.67. The summed E-state index contributed by atoms with van der Waals surface area (Å²) < 4.78 is 1.10. The van der Waals surface area contributed by atoms with Gasteiger partial charge in [-0.3, -0.25) is 0 Å². The number of hydrogen-bond donors (Lipinski definition) is 2. The standard InChI is InChI=1S/C16H23BrN2O.2ClH/c17-14-4-1-3-13(11-14)15(16(20)5-2-6-16)12-19-9-7-18-8-10-19;;/h1,3-4,11,15,18,20H,2,5-10,12H2;2*1H. The number of halogens is 3. The molecule has 0 amide bonds. The fraction of sp³-hybridized carbons (Fsp3) is 0.625. The fourth-order valence-electron chi connectivity index (χ4n) is 3.35. The molecule has 3 rings (SSSR count). The maximum atomic E-state index is 10.9. The monoisotopic (exact) mass is 410 g/mol. The molecule has 0 bridgehead atoms. The molecule has 0 radical (unpaired) electrons. The fourth-order valence-corrected chi connectivity index (χ4v) is 3.77. The van der Waals surface area contributed by atoms with Crippen LogP contribution >= 0.6 is 40.7 Å². The zero-order chi connectivity index (χ0) is 14.0. The normalized spacial score (nSPS) is 21.9. The number of nitrogens with one attached hydrogen (secondary N) is 1. The molecule has 22 heavy (non-hydrogen) atoms. The van der Waals surface area contributed by atoms with E-state index in [-0.39, 0.29) is 30.7 Å². The van der Waals surface area contributed by atoms with Crippen molar-refractivity contribution in [3.8, 4) is 0 Å². The highest BCUT2D eigenvalue weighted by Gasteiger charge is 2.43. The average Bonchev–Trinajstić information content (AvgIpc) is 2.43. The van der Waals surface area contributed by atoms with Crippen LogP contribution < -0.4 is 5.32 Å². The Morgan fingerprint density at radius 3 is 2.45 bits per heavy atom. The number of rotatable bonds is 4. The minimum absolute atomic E-state index is 0. The summed E-state index contributed by atoms with van der Waals surface area (Å²) in [4.78, 5) is 2.48. The van der Waals surface area contributed by atoms with Crippen molar-refractivity contribution in [3.05, 3.63) is 34.3 Å². The van der Waals surface area contributed by atoms with E-state index in [1.54, 1.807) is 0 Å². The summed E-state index contributed by atoms with van der Waals surface area (Å²) in [5.74, 6) is 0.229. The molecule has 2 aliphatic rings. The third-order valence-electron chi connectivity index (χ3n) is 4.77. The molecule has 1 aromatic rings. The van der Waals surface area contributed by atoms with Gasteiger partial charge in [0.25, 0.3) is 0 Å². The maximum Gasteiger partial charge on any atom is 0.0728 e. The lowest BCUT2D eigenvalue weighted by Crippen LogP contribution is -2.51. The highest BCUT2D eigenvalue weighted by atomic mass is 79.9. The van der Waals surface area contributed by atoms with Crippen LogP contribution in [0.25, 0.3) is 0 Å². The predicted octanol–water partition coefficient (Wildman–Crippen LogP) is 3.20. The minimum atomic E-state index is -0.494. The van der Waals surface area contributed by atoms with Crippen molar-refractivity contribution in [2.75, 3.05) is 32.7 Å². The smallest absolute Gasteiger partial charge is 0.0728 e. The Bertz CT molecular complexity index is 465. The Morgan fingerprint density at radius 1 is 1.23 bits per heavy atom. The largest absolute Gasteiger partial charge is 0.389 e. The Labute approximate surface area is 153 Å². The second-order valence-corrected chi connectivity index (χ2v) is 7.03. The molecule has 126 valence electrons. The molecule has 0 spiro atoms. The second-order valence-electron chi connectivity index (χ2n) is 6.12. The Balaban J connectivity index is 0.00000121. The lowest BCUT2D eigenvalue weighted by molar-refractivity contribution is -0.0652. The van der Waals surface area contributed by atoms with Gasteiger partial charge in [-0.2, -0.15) is 0 Å². The van der Waals surface area contributed by atoms with E-state index in [2.05, 4.69) is 50.4 Å². The van der Waals surface area contributed by atoms with Gasteiger partial charge in [0, 0.05) is 43.1 Å². The molecule has 1 heterocycles. The van der Waals surface area contributed by atoms with Gasteiger partial charge in [-0.25, -0.2) is 0 Å². The van der Waals surface area contributed by atoms with Crippen LogP contribution in [0.2, 0.25) is 0 Å². The van der Waals surface area contributed by atoms with Gasteiger partial charge in [-0.05, 0) is 37.0 Å². The molecule has 6 heteroatoms. The average molecular weight is 412 g/mol. The van der Waals surface area contributed by atoms with Crippen molar-refractivity contribution in [2.45, 2.75) is 30.8 Å². The molecular formula is C16H25BrCl2N2O. The molecule has 1 aliphatic carbocycles. The van der Waals surface area contributed by atoms with Crippen LogP contribution in [0.4, 0.5) is 0 Å². The first-order valence-electron chi connectivity index (χ1n) is 7.58. The lowest BCUT2D eigenvalue weighted by Gasteiger charge is -2.46. The van der Waals surface area contributed by atoms with E-state index < -0.39 is 5.60 Å². The van der Waals surface area contributed by atoms with Crippen molar-refractivity contribution >= 4 is 40.7 Å². The van der Waals surface area contributed by atoms with Crippen LogP contribution in [-0.4, -0.2) is 48.3 Å². The van der Waals surface area contributed by atoms with Gasteiger partial charge in [-0.1, -0.05) is 28.1 Å². The molecule has 1 atom stereocenters. The predicted molar refractivity (Wildman–Crippen MR) is 99.5 cm³/mol. The van der Waals surface area contributed by atoms with E-state index in [4.69, 9.17) is 0 Å². The summed E-state index contributed by atoms with van der Waals surface area (Å²) in [5, 5.41) is 14.3. The highest BCUT2D eigenvalue weighted by Crippen LogP contribution is 2.44. The molecule has 3 nitrogen and oxygen atoms in total. The van der Waals surface area contributed by atoms with Crippen LogP contribution in [0.5, 0.6) is 0 Å². The molecule has 1 aromatic carbocycles. The summed E-state index contributed by atoms with van der Waals surface area (Å²) in [6, 6.07) is 8.46. The van der Waals surface area contributed by atoms with Gasteiger partial charge in [0.1, 0.15) is 0 Å². The van der Waals surface area contributed by atoms with Crippen LogP contribution in [0, 0.1) is 0 Å². The lowest BCUT2D eigenvalue weighted by atomic mass is 9.68. The molecule has 1 aliphatic heterocycles. The Morgan fingerprint density at radius 2 is 1.91 bits per heavy atom. The van der Waals surface area contributed by atoms with E-state index in [9.17, 15) is 5.11 Å². The van der Waals surface area contributed by atoms with E-state index >= 15 is 0 Å². The summed E-state index contributed by atoms with van der Waals surface area (Å²) in [6.45, 7) is 5.25. The third kappa shape index (κ3) is 4.59. The Hall–Kier alpha value is 0.160. The first kappa shape index (κ1) is 20.2. The summed E-state index contributed by atoms with van der Waals surface area (Å²) in [5.41, 5.74) is 0.770. The van der Waals surface area contributed by atoms with E-state index in [0.29, 0.717) is 0 Å². The second kappa shape index (κ2) is 8.86. The molecule has 0 aromatic heterocycles. The number of piperazine rings is 1. The quantitative estimate of drug-likeness (QED) is 0.798. The number of benzene rings is 1. The maximum absolute atomic E-state index is 10.9. The number of aliphatic hydroxyl groups is 1. The molecule has 2 N–H and O–H groups in total. The van der Waals surface area contributed by atoms with Crippen LogP contribution in [0.1, 0.15) is 30.7 Å². The topological polar surface area (TPSA) is 35.5 Å². The number of nitrogens with zero attached hydrogens (tertiary/aromatic N) is 1. The van der Waals surface area contributed by atoms with Crippen LogP contribution in [0.3, 0.4) is 0 Å². The molecule has 1 saturated carbocycles. The van der Waals surface area contributed by atoms with Crippen LogP contribution in [0.15, 0.2) is 28.7 Å². The van der Waals surface area contributed by atoms with Crippen molar-refractivity contribution in [3.63, 3.8) is 0 Å². The summed E-state index contributed by atoms with van der Waals surface area (Å²) in [6.07, 6.45) is 3.04. The summed E-state index contributed by atoms with van der Waals surface area (Å²) in [7, 11) is 0. The van der Waals surface area contributed by atoms with Crippen molar-refractivity contribution < 1.29 is 5.11 Å². The molecular weight excluding hydrogens is 387 g/mol. The minimum Gasteiger partial charge on any atom is -0.389 e. The molecule has 1 unspecified atom stereocenters. The van der Waals surface area contributed by atoms with Gasteiger partial charge in [0.2, 0.25) is 0 Å². The van der Waals surface area contributed by atoms with E-state index in [1.807, 2.05) is 0 Å². The first-order valence-corrected chi connectivity index (χ1v) is 8.38. The van der Waals surface area contributed by atoms with Gasteiger partial charge in [-0.15, -0.1) is 24.8 Å².